The molecule has 1 aromatic heterocycles. The monoisotopic (exact) mass is 334 g/mol. The van der Waals surface area contributed by atoms with Crippen molar-refractivity contribution in [2.75, 3.05) is 12.3 Å². The van der Waals surface area contributed by atoms with Crippen molar-refractivity contribution in [3.05, 3.63) is 52.4 Å². The topological polar surface area (TPSA) is 63.8 Å². The summed E-state index contributed by atoms with van der Waals surface area (Å²) in [6, 6.07) is 10.1. The molecule has 106 valence electrons. The number of halogens is 1. The van der Waals surface area contributed by atoms with Gasteiger partial charge in [-0.2, -0.15) is 0 Å². The summed E-state index contributed by atoms with van der Waals surface area (Å²) in [5.74, 6) is 1.22. The zero-order chi connectivity index (χ0) is 14.6. The second kappa shape index (κ2) is 6.33. The molecule has 0 aliphatic carbocycles. The van der Waals surface area contributed by atoms with E-state index in [-0.39, 0.29) is 5.41 Å². The van der Waals surface area contributed by atoms with Gasteiger partial charge in [0.1, 0.15) is 11.6 Å². The number of nitrogens with two attached hydrogens (primary N) is 1. The van der Waals surface area contributed by atoms with E-state index in [9.17, 15) is 0 Å². The van der Waals surface area contributed by atoms with E-state index in [1.165, 1.54) is 5.56 Å². The van der Waals surface area contributed by atoms with Crippen molar-refractivity contribution in [1.29, 1.82) is 0 Å². The predicted molar refractivity (Wildman–Crippen MR) is 85.3 cm³/mol. The quantitative estimate of drug-likeness (QED) is 0.882. The van der Waals surface area contributed by atoms with Gasteiger partial charge in [-0.3, -0.25) is 0 Å². The molecule has 2 rings (SSSR count). The van der Waals surface area contributed by atoms with Gasteiger partial charge in [0.25, 0.3) is 0 Å². The summed E-state index contributed by atoms with van der Waals surface area (Å²) in [4.78, 5) is 8.36. The fourth-order valence-corrected chi connectivity index (χ4v) is 2.40. The van der Waals surface area contributed by atoms with E-state index >= 15 is 0 Å². The second-order valence-electron chi connectivity index (χ2n) is 5.40. The molecule has 0 atom stereocenters. The van der Waals surface area contributed by atoms with Gasteiger partial charge in [-0.15, -0.1) is 0 Å². The van der Waals surface area contributed by atoms with Crippen molar-refractivity contribution < 1.29 is 0 Å². The van der Waals surface area contributed by atoms with Crippen LogP contribution in [0.25, 0.3) is 0 Å². The highest BCUT2D eigenvalue weighted by molar-refractivity contribution is 9.10. The average Bonchev–Trinajstić information content (AvgIpc) is 2.38. The van der Waals surface area contributed by atoms with Gasteiger partial charge >= 0.3 is 0 Å². The standard InChI is InChI=1S/C15H19BrN4/c1-15(2,11-4-3-5-12(16)8-11)10-18-9-14-19-7-6-13(17)20-14/h3-8,18H,9-10H2,1-2H3,(H2,17,19,20). The zero-order valence-corrected chi connectivity index (χ0v) is 13.3. The van der Waals surface area contributed by atoms with Crippen LogP contribution in [0.2, 0.25) is 0 Å². The van der Waals surface area contributed by atoms with Crippen molar-refractivity contribution in [3.8, 4) is 0 Å². The van der Waals surface area contributed by atoms with Gasteiger partial charge in [-0.25, -0.2) is 9.97 Å². The van der Waals surface area contributed by atoms with Crippen molar-refractivity contribution in [2.45, 2.75) is 25.8 Å². The lowest BCUT2D eigenvalue weighted by molar-refractivity contribution is 0.464. The Labute approximate surface area is 128 Å². The maximum atomic E-state index is 5.64. The predicted octanol–water partition coefficient (Wildman–Crippen LogP) is 2.89. The molecule has 0 saturated heterocycles. The van der Waals surface area contributed by atoms with Crippen LogP contribution in [0.5, 0.6) is 0 Å². The van der Waals surface area contributed by atoms with Crippen LogP contribution >= 0.6 is 15.9 Å². The number of rotatable bonds is 5. The highest BCUT2D eigenvalue weighted by atomic mass is 79.9. The third kappa shape index (κ3) is 4.02. The van der Waals surface area contributed by atoms with E-state index in [1.54, 1.807) is 12.3 Å². The van der Waals surface area contributed by atoms with E-state index in [0.29, 0.717) is 12.4 Å². The van der Waals surface area contributed by atoms with E-state index in [2.05, 4.69) is 63.3 Å². The Kier molecular flexibility index (Phi) is 4.73. The summed E-state index contributed by atoms with van der Waals surface area (Å²) in [7, 11) is 0. The smallest absolute Gasteiger partial charge is 0.144 e. The van der Waals surface area contributed by atoms with E-state index in [4.69, 9.17) is 5.73 Å². The third-order valence-electron chi connectivity index (χ3n) is 3.18. The van der Waals surface area contributed by atoms with E-state index < -0.39 is 0 Å². The fraction of sp³-hybridized carbons (Fsp3) is 0.333. The Hall–Kier alpha value is -1.46. The van der Waals surface area contributed by atoms with Crippen LogP contribution in [0.15, 0.2) is 41.0 Å². The van der Waals surface area contributed by atoms with Gasteiger partial charge in [0.15, 0.2) is 0 Å². The molecule has 0 aliphatic heterocycles. The van der Waals surface area contributed by atoms with Crippen LogP contribution in [-0.2, 0) is 12.0 Å². The second-order valence-corrected chi connectivity index (χ2v) is 6.31. The maximum Gasteiger partial charge on any atom is 0.144 e. The number of benzene rings is 1. The van der Waals surface area contributed by atoms with E-state index in [1.807, 2.05) is 6.07 Å². The normalized spacial score (nSPS) is 11.6. The zero-order valence-electron chi connectivity index (χ0n) is 11.7. The fourth-order valence-electron chi connectivity index (χ4n) is 2.00. The van der Waals surface area contributed by atoms with Crippen molar-refractivity contribution in [2.24, 2.45) is 0 Å². The number of hydrogen-bond donors (Lipinski definition) is 2. The van der Waals surface area contributed by atoms with Crippen LogP contribution in [0.1, 0.15) is 25.2 Å². The summed E-state index contributed by atoms with van der Waals surface area (Å²) < 4.78 is 1.10. The van der Waals surface area contributed by atoms with Crippen molar-refractivity contribution in [3.63, 3.8) is 0 Å². The van der Waals surface area contributed by atoms with Crippen molar-refractivity contribution >= 4 is 21.7 Å². The first-order chi connectivity index (χ1) is 9.47. The van der Waals surface area contributed by atoms with E-state index in [0.717, 1.165) is 16.8 Å². The minimum absolute atomic E-state index is 0.0319. The lowest BCUT2D eigenvalue weighted by Crippen LogP contribution is -2.33. The molecule has 2 aromatic rings. The van der Waals surface area contributed by atoms with Gasteiger partial charge in [0, 0.05) is 22.6 Å². The molecule has 0 fully saturated rings. The Morgan fingerprint density at radius 1 is 1.30 bits per heavy atom. The SMILES string of the molecule is CC(C)(CNCc1nccc(N)n1)c1cccc(Br)c1. The molecule has 1 heterocycles. The number of nitrogen functional groups attached to an aromatic ring is 1. The van der Waals surface area contributed by atoms with Crippen LogP contribution < -0.4 is 11.1 Å². The molecule has 0 aliphatic rings. The Bertz CT molecular complexity index is 584. The molecule has 0 bridgehead atoms. The molecule has 4 nitrogen and oxygen atoms in total. The molecule has 5 heteroatoms. The Balaban J connectivity index is 1.96. The number of nitrogens with one attached hydrogen (secondary N) is 1. The molecule has 0 spiro atoms. The van der Waals surface area contributed by atoms with Crippen LogP contribution in [0, 0.1) is 0 Å². The van der Waals surface area contributed by atoms with Crippen LogP contribution in [0.3, 0.4) is 0 Å². The first-order valence-corrected chi connectivity index (χ1v) is 7.31. The van der Waals surface area contributed by atoms with Gasteiger partial charge in [0.2, 0.25) is 0 Å². The highest BCUT2D eigenvalue weighted by Crippen LogP contribution is 2.25. The summed E-state index contributed by atoms with van der Waals surface area (Å²) in [5.41, 5.74) is 6.96. The largest absolute Gasteiger partial charge is 0.384 e. The highest BCUT2D eigenvalue weighted by Gasteiger charge is 2.20. The lowest BCUT2D eigenvalue weighted by Gasteiger charge is -2.26. The minimum atomic E-state index is 0.0319. The van der Waals surface area contributed by atoms with Crippen molar-refractivity contribution in [1.82, 2.24) is 15.3 Å². The summed E-state index contributed by atoms with van der Waals surface area (Å²) in [6.07, 6.45) is 1.68. The van der Waals surface area contributed by atoms with Crippen LogP contribution in [0.4, 0.5) is 5.82 Å². The van der Waals surface area contributed by atoms with Gasteiger partial charge < -0.3 is 11.1 Å². The van der Waals surface area contributed by atoms with Gasteiger partial charge in [-0.05, 0) is 23.8 Å². The molecule has 0 radical (unpaired) electrons. The number of anilines is 1. The molecule has 1 aromatic carbocycles. The van der Waals surface area contributed by atoms with Gasteiger partial charge in [-0.1, -0.05) is 41.9 Å². The summed E-state index contributed by atoms with van der Waals surface area (Å²) in [5, 5.41) is 3.39. The average molecular weight is 335 g/mol. The maximum absolute atomic E-state index is 5.64. The molecule has 0 saturated carbocycles. The summed E-state index contributed by atoms with van der Waals surface area (Å²) in [6.45, 7) is 5.87. The number of nitrogens with zero attached hydrogens (tertiary/aromatic N) is 2. The number of hydrogen-bond acceptors (Lipinski definition) is 4. The first-order valence-electron chi connectivity index (χ1n) is 6.51. The third-order valence-corrected chi connectivity index (χ3v) is 3.68. The Morgan fingerprint density at radius 2 is 2.10 bits per heavy atom. The minimum Gasteiger partial charge on any atom is -0.384 e. The van der Waals surface area contributed by atoms with Crippen LogP contribution in [-0.4, -0.2) is 16.5 Å². The molecule has 20 heavy (non-hydrogen) atoms. The first kappa shape index (κ1) is 14.9. The molecule has 3 N–H and O–H groups in total. The summed E-state index contributed by atoms with van der Waals surface area (Å²) >= 11 is 3.51. The molecule has 0 amide bonds. The molecule has 0 unspecified atom stereocenters. The molecular formula is C15H19BrN4. The number of aromatic nitrogens is 2. The molecular weight excluding hydrogens is 316 g/mol. The lowest BCUT2D eigenvalue weighted by atomic mass is 9.84. The Morgan fingerprint density at radius 3 is 2.80 bits per heavy atom. The van der Waals surface area contributed by atoms with Gasteiger partial charge in [0.05, 0.1) is 6.54 Å².